The molecule has 0 saturated carbocycles. The zero-order chi connectivity index (χ0) is 11.0. The fourth-order valence-corrected chi connectivity index (χ4v) is 1.16. The zero-order valence-electron chi connectivity index (χ0n) is 9.58. The van der Waals surface area contributed by atoms with Gasteiger partial charge in [0.25, 0.3) is 0 Å². The van der Waals surface area contributed by atoms with Gasteiger partial charge in [0.05, 0.1) is 13.7 Å². The molecule has 0 bridgehead atoms. The van der Waals surface area contributed by atoms with E-state index in [4.69, 9.17) is 4.74 Å². The molecule has 84 valence electrons. The fourth-order valence-electron chi connectivity index (χ4n) is 1.16. The highest BCUT2D eigenvalue weighted by Gasteiger charge is 2.13. The monoisotopic (exact) mass is 203 g/mol. The van der Waals surface area contributed by atoms with Crippen molar-refractivity contribution in [2.24, 2.45) is 0 Å². The molecule has 0 aromatic rings. The average molecular weight is 203 g/mol. The first-order valence-electron chi connectivity index (χ1n) is 4.91. The Morgan fingerprint density at radius 2 is 2.00 bits per heavy atom. The Morgan fingerprint density at radius 1 is 1.36 bits per heavy atom. The predicted molar refractivity (Wildman–Crippen MR) is 55.2 cm³/mol. The van der Waals surface area contributed by atoms with Crippen molar-refractivity contribution in [1.29, 1.82) is 0 Å². The van der Waals surface area contributed by atoms with Gasteiger partial charge in [0, 0.05) is 26.3 Å². The van der Waals surface area contributed by atoms with Crippen LogP contribution in [0.25, 0.3) is 0 Å². The second-order valence-corrected chi connectivity index (χ2v) is 3.49. The smallest absolute Gasteiger partial charge is 0.319 e. The van der Waals surface area contributed by atoms with Crippen LogP contribution in [0.2, 0.25) is 0 Å². The minimum Gasteiger partial charge on any atom is -0.468 e. The van der Waals surface area contributed by atoms with E-state index in [2.05, 4.69) is 23.5 Å². The lowest BCUT2D eigenvalue weighted by molar-refractivity contribution is -0.142. The van der Waals surface area contributed by atoms with Gasteiger partial charge in [0.15, 0.2) is 0 Å². The average Bonchev–Trinajstić information content (AvgIpc) is 2.16. The van der Waals surface area contributed by atoms with Crippen molar-refractivity contribution in [2.45, 2.75) is 26.3 Å². The molecular weight excluding hydrogens is 182 g/mol. The van der Waals surface area contributed by atoms with Crippen LogP contribution in [0.3, 0.4) is 0 Å². The van der Waals surface area contributed by atoms with Crippen LogP contribution in [-0.4, -0.2) is 50.8 Å². The summed E-state index contributed by atoms with van der Waals surface area (Å²) < 4.78 is 9.59. The van der Waals surface area contributed by atoms with Gasteiger partial charge in [-0.15, -0.1) is 0 Å². The maximum Gasteiger partial charge on any atom is 0.319 e. The number of hydrogen-bond donors (Lipinski definition) is 0. The van der Waals surface area contributed by atoms with E-state index in [-0.39, 0.29) is 5.97 Å². The van der Waals surface area contributed by atoms with Gasteiger partial charge >= 0.3 is 5.97 Å². The summed E-state index contributed by atoms with van der Waals surface area (Å²) in [7, 11) is 3.09. The maximum absolute atomic E-state index is 11.1. The van der Waals surface area contributed by atoms with E-state index in [9.17, 15) is 4.79 Å². The first kappa shape index (κ1) is 13.4. The lowest BCUT2D eigenvalue weighted by Gasteiger charge is -2.24. The molecule has 0 spiro atoms. The van der Waals surface area contributed by atoms with Crippen LogP contribution in [0.4, 0.5) is 0 Å². The van der Waals surface area contributed by atoms with Crippen LogP contribution in [0, 0.1) is 0 Å². The van der Waals surface area contributed by atoms with Crippen LogP contribution < -0.4 is 0 Å². The van der Waals surface area contributed by atoms with E-state index in [1.807, 2.05) is 0 Å². The van der Waals surface area contributed by atoms with Crippen LogP contribution in [0.1, 0.15) is 20.3 Å². The summed E-state index contributed by atoms with van der Waals surface area (Å²) in [4.78, 5) is 13.1. The van der Waals surface area contributed by atoms with E-state index < -0.39 is 0 Å². The highest BCUT2D eigenvalue weighted by Crippen LogP contribution is 2.00. The number of nitrogens with zero attached hydrogens (tertiary/aromatic N) is 1. The molecule has 0 aliphatic carbocycles. The summed E-state index contributed by atoms with van der Waals surface area (Å²) in [6, 6.07) is 0.353. The van der Waals surface area contributed by atoms with Gasteiger partial charge in [-0.05, 0) is 20.3 Å². The number of esters is 1. The van der Waals surface area contributed by atoms with Crippen LogP contribution in [0.15, 0.2) is 0 Å². The number of ether oxygens (including phenoxy) is 2. The van der Waals surface area contributed by atoms with Gasteiger partial charge < -0.3 is 9.47 Å². The molecule has 0 N–H and O–H groups in total. The summed E-state index contributed by atoms with van der Waals surface area (Å²) in [5.41, 5.74) is 0. The van der Waals surface area contributed by atoms with Crippen molar-refractivity contribution in [3.05, 3.63) is 0 Å². The van der Waals surface area contributed by atoms with Gasteiger partial charge in [-0.25, -0.2) is 0 Å². The summed E-state index contributed by atoms with van der Waals surface area (Å²) in [6.45, 7) is 6.08. The first-order chi connectivity index (χ1) is 6.61. The SMILES string of the molecule is COCCCN(CC(=O)OC)C(C)C. The highest BCUT2D eigenvalue weighted by atomic mass is 16.5. The van der Waals surface area contributed by atoms with E-state index in [1.54, 1.807) is 7.11 Å². The van der Waals surface area contributed by atoms with Crippen molar-refractivity contribution in [2.75, 3.05) is 33.9 Å². The largest absolute Gasteiger partial charge is 0.468 e. The van der Waals surface area contributed by atoms with E-state index in [1.165, 1.54) is 7.11 Å². The summed E-state index contributed by atoms with van der Waals surface area (Å²) in [6.07, 6.45) is 0.936. The Kier molecular flexibility index (Phi) is 7.42. The topological polar surface area (TPSA) is 38.8 Å². The Morgan fingerprint density at radius 3 is 2.43 bits per heavy atom. The van der Waals surface area contributed by atoms with E-state index in [0.29, 0.717) is 12.6 Å². The molecule has 0 radical (unpaired) electrons. The number of carbonyl (C=O) groups excluding carboxylic acids is 1. The minimum absolute atomic E-state index is 0.184. The maximum atomic E-state index is 11.1. The molecule has 0 rings (SSSR count). The molecule has 0 unspecified atom stereocenters. The third kappa shape index (κ3) is 5.94. The zero-order valence-corrected chi connectivity index (χ0v) is 9.58. The lowest BCUT2D eigenvalue weighted by atomic mass is 10.3. The van der Waals surface area contributed by atoms with E-state index >= 15 is 0 Å². The van der Waals surface area contributed by atoms with Crippen molar-refractivity contribution >= 4 is 5.97 Å². The Hall–Kier alpha value is -0.610. The fraction of sp³-hybridized carbons (Fsp3) is 0.900. The van der Waals surface area contributed by atoms with Crippen molar-refractivity contribution in [3.63, 3.8) is 0 Å². The number of carbonyl (C=O) groups is 1. The molecule has 0 aromatic carbocycles. The van der Waals surface area contributed by atoms with Crippen LogP contribution >= 0.6 is 0 Å². The second-order valence-electron chi connectivity index (χ2n) is 3.49. The molecule has 0 atom stereocenters. The van der Waals surface area contributed by atoms with Crippen LogP contribution in [-0.2, 0) is 14.3 Å². The Labute approximate surface area is 86.2 Å². The molecule has 0 aliphatic rings. The molecule has 4 nitrogen and oxygen atoms in total. The second kappa shape index (κ2) is 7.76. The number of rotatable bonds is 7. The number of hydrogen-bond acceptors (Lipinski definition) is 4. The standard InChI is InChI=1S/C10H21NO3/c1-9(2)11(6-5-7-13-3)8-10(12)14-4/h9H,5-8H2,1-4H3. The van der Waals surface area contributed by atoms with Crippen molar-refractivity contribution < 1.29 is 14.3 Å². The summed E-state index contributed by atoms with van der Waals surface area (Å²) >= 11 is 0. The summed E-state index contributed by atoms with van der Waals surface area (Å²) in [5, 5.41) is 0. The van der Waals surface area contributed by atoms with Crippen molar-refractivity contribution in [1.82, 2.24) is 4.90 Å². The van der Waals surface area contributed by atoms with E-state index in [0.717, 1.165) is 19.6 Å². The quantitative estimate of drug-likeness (QED) is 0.455. The Balaban J connectivity index is 3.83. The molecule has 0 amide bonds. The minimum atomic E-state index is -0.184. The van der Waals surface area contributed by atoms with Gasteiger partial charge in [-0.3, -0.25) is 9.69 Å². The molecule has 0 heterocycles. The molecule has 4 heteroatoms. The first-order valence-corrected chi connectivity index (χ1v) is 4.91. The van der Waals surface area contributed by atoms with Gasteiger partial charge in [-0.2, -0.15) is 0 Å². The van der Waals surface area contributed by atoms with Crippen molar-refractivity contribution in [3.8, 4) is 0 Å². The normalized spacial score (nSPS) is 11.0. The molecular formula is C10H21NO3. The molecule has 14 heavy (non-hydrogen) atoms. The Bertz CT molecular complexity index is 159. The lowest BCUT2D eigenvalue weighted by Crippen LogP contribution is -2.37. The van der Waals surface area contributed by atoms with Gasteiger partial charge in [0.2, 0.25) is 0 Å². The molecule has 0 aliphatic heterocycles. The molecule has 0 saturated heterocycles. The van der Waals surface area contributed by atoms with Gasteiger partial charge in [-0.1, -0.05) is 0 Å². The number of methoxy groups -OCH3 is 2. The molecule has 0 aromatic heterocycles. The molecule has 0 fully saturated rings. The van der Waals surface area contributed by atoms with Gasteiger partial charge in [0.1, 0.15) is 0 Å². The third-order valence-electron chi connectivity index (χ3n) is 2.08. The summed E-state index contributed by atoms with van der Waals surface area (Å²) in [5.74, 6) is -0.184. The van der Waals surface area contributed by atoms with Crippen LogP contribution in [0.5, 0.6) is 0 Å². The third-order valence-corrected chi connectivity index (χ3v) is 2.08. The highest BCUT2D eigenvalue weighted by molar-refractivity contribution is 5.71. The predicted octanol–water partition coefficient (Wildman–Crippen LogP) is 0.906.